The molecule has 3 heteroatoms. The van der Waals surface area contributed by atoms with E-state index in [1.165, 1.54) is 22.2 Å². The Morgan fingerprint density at radius 1 is 1.11 bits per heavy atom. The molecule has 0 saturated carbocycles. The van der Waals surface area contributed by atoms with Gasteiger partial charge in [0.2, 0.25) is 0 Å². The van der Waals surface area contributed by atoms with Crippen molar-refractivity contribution in [2.75, 3.05) is 7.05 Å². The van der Waals surface area contributed by atoms with Gasteiger partial charge in [-0.1, -0.05) is 29.8 Å². The highest BCUT2D eigenvalue weighted by atomic mass is 35.5. The SMILES string of the molecule is CNCc1c(-c2ccc(Cl)cc2)cn2ccccc12. The standard InChI is InChI=1S/C16H15ClN2/c1-18-10-14-15(12-5-7-13(17)8-6-12)11-19-9-3-2-4-16(14)19/h2-9,11,18H,10H2,1H3. The Balaban J connectivity index is 2.21. The normalized spacial score (nSPS) is 11.1. The van der Waals surface area contributed by atoms with Crippen molar-refractivity contribution in [1.29, 1.82) is 0 Å². The largest absolute Gasteiger partial charge is 0.323 e. The second-order valence-corrected chi connectivity index (χ2v) is 4.99. The van der Waals surface area contributed by atoms with E-state index in [1.54, 1.807) is 0 Å². The van der Waals surface area contributed by atoms with Gasteiger partial charge in [0, 0.05) is 29.5 Å². The number of nitrogens with zero attached hydrogens (tertiary/aromatic N) is 1. The second kappa shape index (κ2) is 5.08. The Hall–Kier alpha value is -1.77. The summed E-state index contributed by atoms with van der Waals surface area (Å²) in [6, 6.07) is 14.3. The van der Waals surface area contributed by atoms with E-state index in [0.717, 1.165) is 11.6 Å². The molecule has 0 aliphatic heterocycles. The van der Waals surface area contributed by atoms with E-state index in [4.69, 9.17) is 11.6 Å². The Kier molecular flexibility index (Phi) is 3.28. The summed E-state index contributed by atoms with van der Waals surface area (Å²) in [6.45, 7) is 0.846. The molecule has 2 nitrogen and oxygen atoms in total. The molecule has 3 rings (SSSR count). The first-order valence-electron chi connectivity index (χ1n) is 6.28. The van der Waals surface area contributed by atoms with E-state index >= 15 is 0 Å². The van der Waals surface area contributed by atoms with Crippen LogP contribution in [0.25, 0.3) is 16.6 Å². The summed E-state index contributed by atoms with van der Waals surface area (Å²) in [5.41, 5.74) is 4.99. The van der Waals surface area contributed by atoms with Crippen molar-refractivity contribution in [2.24, 2.45) is 0 Å². The van der Waals surface area contributed by atoms with Gasteiger partial charge in [-0.3, -0.25) is 0 Å². The number of rotatable bonds is 3. The quantitative estimate of drug-likeness (QED) is 0.761. The third-order valence-corrected chi connectivity index (χ3v) is 3.55. The van der Waals surface area contributed by atoms with Gasteiger partial charge in [-0.05, 0) is 42.4 Å². The maximum atomic E-state index is 5.96. The van der Waals surface area contributed by atoms with Crippen molar-refractivity contribution in [1.82, 2.24) is 9.72 Å². The van der Waals surface area contributed by atoms with Crippen LogP contribution in [0.3, 0.4) is 0 Å². The highest BCUT2D eigenvalue weighted by Crippen LogP contribution is 2.29. The first kappa shape index (κ1) is 12.3. The van der Waals surface area contributed by atoms with Crippen LogP contribution in [-0.4, -0.2) is 11.4 Å². The first-order chi connectivity index (χ1) is 9.29. The van der Waals surface area contributed by atoms with Gasteiger partial charge in [0.05, 0.1) is 5.52 Å². The van der Waals surface area contributed by atoms with Gasteiger partial charge in [-0.2, -0.15) is 0 Å². The average Bonchev–Trinajstić information content (AvgIpc) is 2.79. The number of aromatic nitrogens is 1. The van der Waals surface area contributed by atoms with E-state index in [9.17, 15) is 0 Å². The molecular formula is C16H15ClN2. The smallest absolute Gasteiger partial charge is 0.0501 e. The fourth-order valence-corrected chi connectivity index (χ4v) is 2.55. The van der Waals surface area contributed by atoms with Crippen molar-refractivity contribution < 1.29 is 0 Å². The van der Waals surface area contributed by atoms with E-state index in [0.29, 0.717) is 0 Å². The molecule has 0 fully saturated rings. The molecule has 1 N–H and O–H groups in total. The topological polar surface area (TPSA) is 16.4 Å². The van der Waals surface area contributed by atoms with Gasteiger partial charge < -0.3 is 9.72 Å². The molecule has 0 amide bonds. The summed E-state index contributed by atoms with van der Waals surface area (Å²) in [5.74, 6) is 0. The van der Waals surface area contributed by atoms with Gasteiger partial charge in [-0.25, -0.2) is 0 Å². The maximum absolute atomic E-state index is 5.96. The Labute approximate surface area is 117 Å². The van der Waals surface area contributed by atoms with Crippen LogP contribution in [0.1, 0.15) is 5.56 Å². The molecular weight excluding hydrogens is 256 g/mol. The number of halogens is 1. The summed E-state index contributed by atoms with van der Waals surface area (Å²) < 4.78 is 2.16. The lowest BCUT2D eigenvalue weighted by atomic mass is 10.0. The fraction of sp³-hybridized carbons (Fsp3) is 0.125. The molecule has 0 unspecified atom stereocenters. The summed E-state index contributed by atoms with van der Waals surface area (Å²) in [5, 5.41) is 4.01. The minimum absolute atomic E-state index is 0.766. The third kappa shape index (κ3) is 2.25. The predicted molar refractivity (Wildman–Crippen MR) is 80.6 cm³/mol. The van der Waals surface area contributed by atoms with Crippen LogP contribution < -0.4 is 5.32 Å². The van der Waals surface area contributed by atoms with Gasteiger partial charge in [0.15, 0.2) is 0 Å². The van der Waals surface area contributed by atoms with E-state index < -0.39 is 0 Å². The number of nitrogens with one attached hydrogen (secondary N) is 1. The van der Waals surface area contributed by atoms with Gasteiger partial charge in [0.1, 0.15) is 0 Å². The lowest BCUT2D eigenvalue weighted by molar-refractivity contribution is 0.825. The number of hydrogen-bond donors (Lipinski definition) is 1. The number of benzene rings is 1. The highest BCUT2D eigenvalue weighted by molar-refractivity contribution is 6.30. The zero-order valence-corrected chi connectivity index (χ0v) is 11.5. The molecule has 0 aliphatic carbocycles. The maximum Gasteiger partial charge on any atom is 0.0501 e. The second-order valence-electron chi connectivity index (χ2n) is 4.55. The monoisotopic (exact) mass is 270 g/mol. The van der Waals surface area contributed by atoms with Crippen LogP contribution >= 0.6 is 11.6 Å². The third-order valence-electron chi connectivity index (χ3n) is 3.30. The van der Waals surface area contributed by atoms with E-state index in [-0.39, 0.29) is 0 Å². The molecule has 0 bridgehead atoms. The van der Waals surface area contributed by atoms with Crippen LogP contribution in [0.5, 0.6) is 0 Å². The molecule has 2 aromatic heterocycles. The van der Waals surface area contributed by atoms with Crippen molar-refractivity contribution >= 4 is 17.1 Å². The minimum atomic E-state index is 0.766. The van der Waals surface area contributed by atoms with Gasteiger partial charge >= 0.3 is 0 Å². The summed E-state index contributed by atoms with van der Waals surface area (Å²) >= 11 is 5.96. The molecule has 0 atom stereocenters. The molecule has 0 aliphatic rings. The van der Waals surface area contributed by atoms with Crippen molar-refractivity contribution in [3.05, 3.63) is 65.4 Å². The van der Waals surface area contributed by atoms with Gasteiger partial charge in [-0.15, -0.1) is 0 Å². The van der Waals surface area contributed by atoms with Crippen LogP contribution in [0, 0.1) is 0 Å². The molecule has 0 spiro atoms. The Morgan fingerprint density at radius 3 is 2.63 bits per heavy atom. The highest BCUT2D eigenvalue weighted by Gasteiger charge is 2.11. The number of hydrogen-bond acceptors (Lipinski definition) is 1. The van der Waals surface area contributed by atoms with E-state index in [2.05, 4.69) is 46.4 Å². The Bertz CT molecular complexity index is 698. The summed E-state index contributed by atoms with van der Waals surface area (Å²) in [7, 11) is 1.97. The van der Waals surface area contributed by atoms with Crippen LogP contribution in [0.4, 0.5) is 0 Å². The molecule has 0 radical (unpaired) electrons. The lowest BCUT2D eigenvalue weighted by Gasteiger charge is -2.04. The van der Waals surface area contributed by atoms with Crippen molar-refractivity contribution in [3.63, 3.8) is 0 Å². The van der Waals surface area contributed by atoms with Crippen LogP contribution in [0.2, 0.25) is 5.02 Å². The molecule has 19 heavy (non-hydrogen) atoms. The number of fused-ring (bicyclic) bond motifs is 1. The predicted octanol–water partition coefficient (Wildman–Crippen LogP) is 3.98. The molecule has 96 valence electrons. The minimum Gasteiger partial charge on any atom is -0.323 e. The molecule has 2 heterocycles. The lowest BCUT2D eigenvalue weighted by Crippen LogP contribution is -2.05. The zero-order chi connectivity index (χ0) is 13.2. The van der Waals surface area contributed by atoms with Crippen molar-refractivity contribution in [3.8, 4) is 11.1 Å². The Morgan fingerprint density at radius 2 is 1.89 bits per heavy atom. The van der Waals surface area contributed by atoms with E-state index in [1.807, 2.05) is 25.2 Å². The number of pyridine rings is 1. The molecule has 0 saturated heterocycles. The van der Waals surface area contributed by atoms with Crippen LogP contribution in [0.15, 0.2) is 54.9 Å². The fourth-order valence-electron chi connectivity index (χ4n) is 2.42. The molecule has 3 aromatic rings. The zero-order valence-electron chi connectivity index (χ0n) is 10.7. The van der Waals surface area contributed by atoms with Gasteiger partial charge in [0.25, 0.3) is 0 Å². The molecule has 1 aromatic carbocycles. The first-order valence-corrected chi connectivity index (χ1v) is 6.66. The van der Waals surface area contributed by atoms with Crippen LogP contribution in [-0.2, 0) is 6.54 Å². The van der Waals surface area contributed by atoms with Crippen molar-refractivity contribution in [2.45, 2.75) is 6.54 Å². The summed E-state index contributed by atoms with van der Waals surface area (Å²) in [4.78, 5) is 0. The average molecular weight is 271 g/mol. The summed E-state index contributed by atoms with van der Waals surface area (Å²) in [6.07, 6.45) is 4.25.